The van der Waals surface area contributed by atoms with Crippen molar-refractivity contribution in [3.05, 3.63) is 82.3 Å². The molecule has 8 N–H and O–H groups in total. The summed E-state index contributed by atoms with van der Waals surface area (Å²) in [5.74, 6) is -7.48. The number of hydrogen-bond donors (Lipinski definition) is 7. The van der Waals surface area contributed by atoms with Gasteiger partial charge in [-0.25, -0.2) is 4.79 Å². The topological polar surface area (TPSA) is 206 Å². The monoisotopic (exact) mass is 641 g/mol. The Morgan fingerprint density at radius 2 is 1.62 bits per heavy atom. The van der Waals surface area contributed by atoms with Crippen LogP contribution in [0.2, 0.25) is 0 Å². The lowest BCUT2D eigenvalue weighted by Crippen LogP contribution is -2.63. The number of anilines is 3. The van der Waals surface area contributed by atoms with Crippen LogP contribution in [0.4, 0.5) is 21.9 Å². The first kappa shape index (κ1) is 31.6. The van der Waals surface area contributed by atoms with Crippen molar-refractivity contribution in [3.8, 4) is 5.75 Å². The molecule has 3 amide bonds. The molecule has 13 heteroatoms. The van der Waals surface area contributed by atoms with Gasteiger partial charge in [0.25, 0.3) is 5.91 Å². The highest BCUT2D eigenvalue weighted by molar-refractivity contribution is 6.25. The Bertz CT molecular complexity index is 1960. The van der Waals surface area contributed by atoms with E-state index in [1.165, 1.54) is 11.0 Å². The molecule has 6 rings (SSSR count). The Hall–Kier alpha value is -5.40. The lowest BCUT2D eigenvalue weighted by molar-refractivity contribution is -0.148. The summed E-state index contributed by atoms with van der Waals surface area (Å²) >= 11 is 0. The average Bonchev–Trinajstić information content (AvgIpc) is 3.00. The number of allylic oxidation sites excluding steroid dienone is 1. The smallest absolute Gasteiger partial charge is 0.323 e. The number of phenolic OH excluding ortho intramolecular Hbond substituents is 1. The van der Waals surface area contributed by atoms with Gasteiger partial charge in [0.15, 0.2) is 17.1 Å². The quantitative estimate of drug-likeness (QED) is 0.160. The maximum absolute atomic E-state index is 14.2. The van der Waals surface area contributed by atoms with Crippen molar-refractivity contribution in [2.45, 2.75) is 24.5 Å². The van der Waals surface area contributed by atoms with Crippen molar-refractivity contribution in [3.63, 3.8) is 0 Å². The van der Waals surface area contributed by atoms with Crippen LogP contribution in [0.15, 0.2) is 71.2 Å². The number of aliphatic hydroxyl groups is 3. The summed E-state index contributed by atoms with van der Waals surface area (Å²) in [5, 5.41) is 53.0. The van der Waals surface area contributed by atoms with Crippen LogP contribution in [-0.2, 0) is 16.0 Å². The predicted octanol–water partition coefficient (Wildman–Crippen LogP) is 2.98. The van der Waals surface area contributed by atoms with Crippen LogP contribution in [-0.4, -0.2) is 88.7 Å². The number of aliphatic hydroxyl groups excluding tert-OH is 2. The average molecular weight is 642 g/mol. The Morgan fingerprint density at radius 1 is 0.957 bits per heavy atom. The summed E-state index contributed by atoms with van der Waals surface area (Å²) < 4.78 is 0. The Kier molecular flexibility index (Phi) is 7.48. The summed E-state index contributed by atoms with van der Waals surface area (Å²) in [4.78, 5) is 56.4. The normalized spacial score (nSPS) is 23.7. The van der Waals surface area contributed by atoms with Crippen LogP contribution in [0.3, 0.4) is 0 Å². The molecule has 0 aliphatic heterocycles. The molecule has 0 heterocycles. The number of likely N-dealkylation sites (N-methyl/N-ethyl adjacent to an activating group) is 1. The van der Waals surface area contributed by atoms with Crippen molar-refractivity contribution in [2.75, 3.05) is 43.7 Å². The number of nitrogens with two attached hydrogens (primary N) is 1. The SMILES string of the molecule is CN(C)c1cc(NC(=O)Nc2cccc3ccccc23)c(O)c2c1C[C@H]1C[C@@H]3[C@H](N(C)C)C(O)=C(C(N)=O)C(=O)[C@@]3(O)C(O)=C1C2=O. The second-order valence-corrected chi connectivity index (χ2v) is 12.6. The van der Waals surface area contributed by atoms with Crippen molar-refractivity contribution >= 4 is 51.3 Å². The molecule has 0 unspecified atom stereocenters. The van der Waals surface area contributed by atoms with Gasteiger partial charge in [0.05, 0.1) is 23.0 Å². The van der Waals surface area contributed by atoms with E-state index in [4.69, 9.17) is 5.73 Å². The van der Waals surface area contributed by atoms with Crippen LogP contribution in [0.25, 0.3) is 10.8 Å². The van der Waals surface area contributed by atoms with E-state index in [1.54, 1.807) is 45.2 Å². The second kappa shape index (κ2) is 11.1. The minimum Gasteiger partial charge on any atom is -0.510 e. The van der Waals surface area contributed by atoms with Crippen LogP contribution < -0.4 is 21.3 Å². The van der Waals surface area contributed by atoms with Gasteiger partial charge in [-0.2, -0.15) is 0 Å². The lowest BCUT2D eigenvalue weighted by atomic mass is 9.58. The number of carbonyl (C=O) groups is 4. The number of Topliss-reactive ketones (excluding diaryl/α,β-unsaturated/α-hetero) is 2. The van der Waals surface area contributed by atoms with Gasteiger partial charge >= 0.3 is 6.03 Å². The zero-order chi connectivity index (χ0) is 34.1. The van der Waals surface area contributed by atoms with Gasteiger partial charge in [0.2, 0.25) is 5.78 Å². The number of urea groups is 1. The first-order chi connectivity index (χ1) is 22.2. The minimum absolute atomic E-state index is 0.0349. The number of nitrogens with zero attached hydrogens (tertiary/aromatic N) is 2. The zero-order valence-electron chi connectivity index (χ0n) is 26.2. The molecule has 0 aromatic heterocycles. The number of fused-ring (bicyclic) bond motifs is 4. The summed E-state index contributed by atoms with van der Waals surface area (Å²) in [6.07, 6.45) is 0.0743. The van der Waals surface area contributed by atoms with E-state index >= 15 is 0 Å². The number of primary amides is 1. The van der Waals surface area contributed by atoms with Gasteiger partial charge in [0, 0.05) is 36.7 Å². The van der Waals surface area contributed by atoms with Gasteiger partial charge in [-0.05, 0) is 55.9 Å². The lowest BCUT2D eigenvalue weighted by Gasteiger charge is -2.50. The fourth-order valence-corrected chi connectivity index (χ4v) is 7.40. The summed E-state index contributed by atoms with van der Waals surface area (Å²) in [6, 6.07) is 12.7. The maximum atomic E-state index is 14.2. The number of nitrogens with one attached hydrogen (secondary N) is 2. The highest BCUT2D eigenvalue weighted by Crippen LogP contribution is 2.54. The van der Waals surface area contributed by atoms with Crippen molar-refractivity contribution < 1.29 is 39.6 Å². The predicted molar refractivity (Wildman–Crippen MR) is 175 cm³/mol. The van der Waals surface area contributed by atoms with E-state index in [0.717, 1.165) is 10.8 Å². The molecular weight excluding hydrogens is 606 g/mol. The number of phenols is 1. The fourth-order valence-electron chi connectivity index (χ4n) is 7.40. The maximum Gasteiger partial charge on any atom is 0.323 e. The van der Waals surface area contributed by atoms with Crippen LogP contribution in [0.1, 0.15) is 22.3 Å². The number of aromatic hydroxyl groups is 1. The number of amides is 3. The molecule has 4 atom stereocenters. The Labute approximate surface area is 269 Å². The number of benzene rings is 3. The third-order valence-corrected chi connectivity index (χ3v) is 9.47. The van der Waals surface area contributed by atoms with Gasteiger partial charge in [-0.1, -0.05) is 36.4 Å². The number of rotatable bonds is 5. The van der Waals surface area contributed by atoms with Crippen LogP contribution in [0.5, 0.6) is 5.75 Å². The van der Waals surface area contributed by atoms with E-state index in [0.29, 0.717) is 16.9 Å². The molecule has 0 saturated carbocycles. The first-order valence-electron chi connectivity index (χ1n) is 14.9. The molecule has 0 spiro atoms. The molecule has 3 aliphatic carbocycles. The van der Waals surface area contributed by atoms with Crippen molar-refractivity contribution in [1.82, 2.24) is 4.90 Å². The molecule has 0 fully saturated rings. The fraction of sp³-hybridized carbons (Fsp3) is 0.294. The molecule has 3 aromatic rings. The third kappa shape index (κ3) is 4.69. The standard InChI is InChI=1S/C34H35N5O8/c1-38(2)22-14-21(37-33(46)36-20-11-7-9-15-8-5-6-10-17(15)20)27(40)24-18(22)12-16-13-19-26(39(3)4)29(42)25(32(35)45)31(44)34(19,47)30(43)23(16)28(24)41/h5-11,14,16,19,26,40,42-43,47H,12-13H2,1-4H3,(H2,35,45)(H2,36,37,46)/t16-,19+,26-,34-/m0/s1. The van der Waals surface area contributed by atoms with E-state index in [2.05, 4.69) is 10.6 Å². The minimum atomic E-state index is -2.75. The molecule has 244 valence electrons. The summed E-state index contributed by atoms with van der Waals surface area (Å²) in [6.45, 7) is 0. The zero-order valence-corrected chi connectivity index (χ0v) is 26.2. The molecule has 47 heavy (non-hydrogen) atoms. The highest BCUT2D eigenvalue weighted by atomic mass is 16.3. The summed E-state index contributed by atoms with van der Waals surface area (Å²) in [5.41, 5.74) is 2.66. The number of ketones is 2. The van der Waals surface area contributed by atoms with Gasteiger partial charge < -0.3 is 41.7 Å². The van der Waals surface area contributed by atoms with E-state index in [-0.39, 0.29) is 29.7 Å². The van der Waals surface area contributed by atoms with Crippen LogP contribution in [0, 0.1) is 11.8 Å². The second-order valence-electron chi connectivity index (χ2n) is 12.6. The number of carbonyl (C=O) groups excluding carboxylic acids is 4. The number of hydrogen-bond acceptors (Lipinski definition) is 10. The summed E-state index contributed by atoms with van der Waals surface area (Å²) in [7, 11) is 6.60. The van der Waals surface area contributed by atoms with E-state index in [9.17, 15) is 39.6 Å². The first-order valence-corrected chi connectivity index (χ1v) is 14.9. The molecule has 13 nitrogen and oxygen atoms in total. The molecule has 0 saturated heterocycles. The molecule has 3 aromatic carbocycles. The molecule has 0 bridgehead atoms. The van der Waals surface area contributed by atoms with Gasteiger partial charge in [0.1, 0.15) is 17.1 Å². The van der Waals surface area contributed by atoms with Crippen LogP contribution >= 0.6 is 0 Å². The van der Waals surface area contributed by atoms with Gasteiger partial charge in [-0.3, -0.25) is 19.3 Å². The Balaban J connectivity index is 1.43. The molecule has 3 aliphatic rings. The third-order valence-electron chi connectivity index (χ3n) is 9.47. The van der Waals surface area contributed by atoms with Gasteiger partial charge in [-0.15, -0.1) is 0 Å². The van der Waals surface area contributed by atoms with E-state index < -0.39 is 69.8 Å². The largest absolute Gasteiger partial charge is 0.510 e. The van der Waals surface area contributed by atoms with Crippen molar-refractivity contribution in [2.24, 2.45) is 17.6 Å². The highest BCUT2D eigenvalue weighted by Gasteiger charge is 2.63. The molecular formula is C34H35N5O8. The molecule has 0 radical (unpaired) electrons. The Morgan fingerprint density at radius 3 is 2.28 bits per heavy atom. The van der Waals surface area contributed by atoms with Crippen molar-refractivity contribution in [1.29, 1.82) is 0 Å². The van der Waals surface area contributed by atoms with E-state index in [1.807, 2.05) is 30.3 Å².